The van der Waals surface area contributed by atoms with Crippen LogP contribution in [0.4, 0.5) is 0 Å². The van der Waals surface area contributed by atoms with Crippen LogP contribution in [0.15, 0.2) is 0 Å². The molecule has 0 aromatic heterocycles. The molecule has 1 rings (SSSR count). The zero-order valence-electron chi connectivity index (χ0n) is 5.51. The van der Waals surface area contributed by atoms with Crippen molar-refractivity contribution < 1.29 is 5.11 Å². The Morgan fingerprint density at radius 3 is 2.67 bits per heavy atom. The topological polar surface area (TPSA) is 35.5 Å². The Morgan fingerprint density at radius 2 is 2.11 bits per heavy atom. The van der Waals surface area contributed by atoms with Crippen molar-refractivity contribution >= 4 is 0 Å². The second kappa shape index (κ2) is 3.82. The third-order valence-electron chi connectivity index (χ3n) is 1.55. The van der Waals surface area contributed by atoms with E-state index in [9.17, 15) is 0 Å². The number of rotatable bonds is 2. The van der Waals surface area contributed by atoms with Gasteiger partial charge in [-0.2, -0.15) is 0 Å². The Kier molecular flexibility index (Phi) is 2.97. The molecule has 0 amide bonds. The normalized spacial score (nSPS) is 22.3. The van der Waals surface area contributed by atoms with E-state index in [1.807, 2.05) is 0 Å². The van der Waals surface area contributed by atoms with Crippen LogP contribution >= 0.6 is 0 Å². The summed E-state index contributed by atoms with van der Waals surface area (Å²) in [5.41, 5.74) is 0. The summed E-state index contributed by atoms with van der Waals surface area (Å²) in [5.74, 6) is 0. The molecule has 9 heavy (non-hydrogen) atoms. The summed E-state index contributed by atoms with van der Waals surface area (Å²) >= 11 is 0. The maximum Gasteiger partial charge on any atom is 0.0938 e. The average molecular weight is 129 g/mol. The number of nitrogens with zero attached hydrogens (tertiary/aromatic N) is 1. The van der Waals surface area contributed by atoms with Crippen LogP contribution in [0, 0.1) is 6.61 Å². The van der Waals surface area contributed by atoms with E-state index in [-0.39, 0.29) is 0 Å². The highest BCUT2D eigenvalue weighted by atomic mass is 16.3. The van der Waals surface area contributed by atoms with Gasteiger partial charge in [0.2, 0.25) is 0 Å². The predicted molar refractivity (Wildman–Crippen MR) is 35.5 cm³/mol. The molecule has 3 heteroatoms. The molecule has 0 aromatic rings. The van der Waals surface area contributed by atoms with Gasteiger partial charge < -0.3 is 10.4 Å². The number of hydrogen-bond acceptors (Lipinski definition) is 3. The molecule has 1 aliphatic rings. The van der Waals surface area contributed by atoms with Crippen LogP contribution in [-0.2, 0) is 0 Å². The van der Waals surface area contributed by atoms with Crippen molar-refractivity contribution in [2.75, 3.05) is 32.7 Å². The van der Waals surface area contributed by atoms with Gasteiger partial charge in [-0.15, -0.1) is 0 Å². The molecule has 0 unspecified atom stereocenters. The Bertz CT molecular complexity index is 68.7. The zero-order valence-corrected chi connectivity index (χ0v) is 5.51. The van der Waals surface area contributed by atoms with Gasteiger partial charge in [-0.05, 0) is 0 Å². The summed E-state index contributed by atoms with van der Waals surface area (Å²) in [6.07, 6.45) is 0. The number of hydrogen-bond donors (Lipinski definition) is 2. The van der Waals surface area contributed by atoms with Crippen molar-refractivity contribution in [1.82, 2.24) is 10.2 Å². The molecule has 0 spiro atoms. The Balaban J connectivity index is 2.08. The maximum absolute atomic E-state index is 8.43. The van der Waals surface area contributed by atoms with E-state index < -0.39 is 0 Å². The minimum Gasteiger partial charge on any atom is -0.389 e. The lowest BCUT2D eigenvalue weighted by molar-refractivity contribution is 0.219. The van der Waals surface area contributed by atoms with Gasteiger partial charge in [-0.1, -0.05) is 0 Å². The van der Waals surface area contributed by atoms with Crippen LogP contribution in [0.2, 0.25) is 0 Å². The quantitative estimate of drug-likeness (QED) is 0.524. The Hall–Kier alpha value is -0.120. The van der Waals surface area contributed by atoms with Crippen molar-refractivity contribution in [3.8, 4) is 0 Å². The van der Waals surface area contributed by atoms with Crippen LogP contribution in [-0.4, -0.2) is 42.7 Å². The van der Waals surface area contributed by atoms with E-state index in [0.717, 1.165) is 26.2 Å². The Labute approximate surface area is 55.7 Å². The Morgan fingerprint density at radius 1 is 1.44 bits per heavy atom. The third-order valence-corrected chi connectivity index (χ3v) is 1.55. The smallest absolute Gasteiger partial charge is 0.0938 e. The summed E-state index contributed by atoms with van der Waals surface area (Å²) in [6, 6.07) is 0. The van der Waals surface area contributed by atoms with E-state index in [0.29, 0.717) is 6.54 Å². The van der Waals surface area contributed by atoms with Crippen LogP contribution in [0.3, 0.4) is 0 Å². The van der Waals surface area contributed by atoms with Crippen molar-refractivity contribution in [3.63, 3.8) is 0 Å². The molecule has 1 heterocycles. The molecular weight excluding hydrogens is 116 g/mol. The molecule has 0 saturated carbocycles. The second-order valence-corrected chi connectivity index (χ2v) is 2.23. The van der Waals surface area contributed by atoms with Crippen molar-refractivity contribution in [2.45, 2.75) is 0 Å². The molecule has 0 aromatic carbocycles. The molecule has 2 N–H and O–H groups in total. The summed E-state index contributed by atoms with van der Waals surface area (Å²) in [4.78, 5) is 2.20. The first-order chi connectivity index (χ1) is 4.43. The van der Waals surface area contributed by atoms with Gasteiger partial charge in [0.25, 0.3) is 0 Å². The van der Waals surface area contributed by atoms with E-state index in [2.05, 4.69) is 10.2 Å². The molecule has 3 nitrogen and oxygen atoms in total. The maximum atomic E-state index is 8.43. The molecular formula is C6H13N2O. The molecule has 0 bridgehead atoms. The van der Waals surface area contributed by atoms with Crippen LogP contribution in [0.1, 0.15) is 0 Å². The first-order valence-electron chi connectivity index (χ1n) is 3.32. The van der Waals surface area contributed by atoms with E-state index in [4.69, 9.17) is 5.11 Å². The van der Waals surface area contributed by atoms with Crippen molar-refractivity contribution in [1.29, 1.82) is 0 Å². The lowest BCUT2D eigenvalue weighted by Gasteiger charge is -2.25. The first-order valence-corrected chi connectivity index (χ1v) is 3.32. The number of aliphatic hydroxyl groups is 1. The fraction of sp³-hybridized carbons (Fsp3) is 0.833. The third kappa shape index (κ3) is 2.30. The molecule has 0 atom stereocenters. The first kappa shape index (κ1) is 6.99. The highest BCUT2D eigenvalue weighted by molar-refractivity contribution is 4.69. The summed E-state index contributed by atoms with van der Waals surface area (Å²) in [5, 5.41) is 11.7. The molecule has 1 radical (unpaired) electrons. The highest BCUT2D eigenvalue weighted by Gasteiger charge is 2.06. The molecule has 0 aliphatic carbocycles. The monoisotopic (exact) mass is 129 g/mol. The van der Waals surface area contributed by atoms with Gasteiger partial charge in [-0.25, -0.2) is 0 Å². The van der Waals surface area contributed by atoms with Gasteiger partial charge in [0.1, 0.15) is 0 Å². The standard InChI is InChI=1S/C6H13N2O/c9-6-5-8-3-1-7-2-4-8/h6-7,9H,1-5H2. The van der Waals surface area contributed by atoms with E-state index in [1.165, 1.54) is 6.61 Å². The lowest BCUT2D eigenvalue weighted by Crippen LogP contribution is -2.43. The number of nitrogens with one attached hydrogen (secondary N) is 1. The molecule has 1 saturated heterocycles. The molecule has 1 fully saturated rings. The summed E-state index contributed by atoms with van der Waals surface area (Å²) in [6.45, 7) is 6.13. The largest absolute Gasteiger partial charge is 0.389 e. The van der Waals surface area contributed by atoms with Crippen LogP contribution < -0.4 is 5.32 Å². The fourth-order valence-corrected chi connectivity index (χ4v) is 1.01. The molecule has 1 aliphatic heterocycles. The fourth-order valence-electron chi connectivity index (χ4n) is 1.01. The predicted octanol–water partition coefficient (Wildman–Crippen LogP) is -0.574. The lowest BCUT2D eigenvalue weighted by atomic mass is 10.4. The van der Waals surface area contributed by atoms with Crippen LogP contribution in [0.5, 0.6) is 0 Å². The van der Waals surface area contributed by atoms with Crippen LogP contribution in [0.25, 0.3) is 0 Å². The SMILES string of the molecule is O[CH]CN1CCNCC1. The van der Waals surface area contributed by atoms with Gasteiger partial charge in [0, 0.05) is 32.7 Å². The number of piperazine rings is 1. The minimum atomic E-state index is 0.710. The zero-order chi connectivity index (χ0) is 6.53. The average Bonchev–Trinajstić information content (AvgIpc) is 1.91. The van der Waals surface area contributed by atoms with Gasteiger partial charge >= 0.3 is 0 Å². The highest BCUT2D eigenvalue weighted by Crippen LogP contribution is 1.90. The van der Waals surface area contributed by atoms with Gasteiger partial charge in [0.15, 0.2) is 0 Å². The summed E-state index contributed by atoms with van der Waals surface area (Å²) < 4.78 is 0. The number of aliphatic hydroxyl groups excluding tert-OH is 1. The minimum absolute atomic E-state index is 0.710. The van der Waals surface area contributed by atoms with E-state index >= 15 is 0 Å². The van der Waals surface area contributed by atoms with Gasteiger partial charge in [-0.3, -0.25) is 4.90 Å². The molecule has 53 valence electrons. The summed E-state index contributed by atoms with van der Waals surface area (Å²) in [7, 11) is 0. The van der Waals surface area contributed by atoms with Gasteiger partial charge in [0.05, 0.1) is 6.61 Å². The van der Waals surface area contributed by atoms with E-state index in [1.54, 1.807) is 0 Å². The second-order valence-electron chi connectivity index (χ2n) is 2.23. The van der Waals surface area contributed by atoms with Crippen molar-refractivity contribution in [2.24, 2.45) is 0 Å². The van der Waals surface area contributed by atoms with Crippen molar-refractivity contribution in [3.05, 3.63) is 6.61 Å².